The number of carbonyl (C=O) groups excluding carboxylic acids is 3. The number of halogens is 2. The Morgan fingerprint density at radius 3 is 2.35 bits per heavy atom. The number of piperazine rings is 1. The van der Waals surface area contributed by atoms with Gasteiger partial charge in [0.1, 0.15) is 0 Å². The maximum absolute atomic E-state index is 13.4. The maximum atomic E-state index is 13.4. The van der Waals surface area contributed by atoms with E-state index in [2.05, 4.69) is 9.72 Å². The number of carbonyl (C=O) groups is 3. The largest absolute Gasteiger partial charge is 0.490 e. The predicted octanol–water partition coefficient (Wildman–Crippen LogP) is 2.89. The molecule has 15 heteroatoms. The smallest absolute Gasteiger partial charge is 0.409 e. The van der Waals surface area contributed by atoms with E-state index in [-0.39, 0.29) is 54.4 Å². The van der Waals surface area contributed by atoms with Gasteiger partial charge in [-0.25, -0.2) is 9.78 Å². The fourth-order valence-corrected chi connectivity index (χ4v) is 4.77. The highest BCUT2D eigenvalue weighted by atomic mass is 19.3. The topological polar surface area (TPSA) is 150 Å². The maximum Gasteiger partial charge on any atom is 0.409 e. The Morgan fingerprint density at radius 2 is 1.70 bits per heavy atom. The molecule has 0 radical (unpaired) electrons. The number of aromatic nitrogens is 1. The number of nitrogens with zero attached hydrogens (tertiary/aromatic N) is 4. The lowest BCUT2D eigenvalue weighted by Gasteiger charge is -2.33. The first kappa shape index (κ1) is 31.9. The molecule has 2 aliphatic rings. The van der Waals surface area contributed by atoms with Crippen molar-refractivity contribution in [2.45, 2.75) is 38.8 Å². The van der Waals surface area contributed by atoms with Crippen LogP contribution in [0.5, 0.6) is 11.5 Å². The number of hydrogen-bond acceptors (Lipinski definition) is 10. The van der Waals surface area contributed by atoms with E-state index < -0.39 is 24.7 Å². The average molecular weight is 610 g/mol. The van der Waals surface area contributed by atoms with E-state index >= 15 is 0 Å². The van der Waals surface area contributed by atoms with Gasteiger partial charge in [-0.05, 0) is 38.0 Å². The first-order chi connectivity index (χ1) is 20.7. The Kier molecular flexibility index (Phi) is 11.1. The van der Waals surface area contributed by atoms with Crippen molar-refractivity contribution in [2.75, 3.05) is 66.2 Å². The van der Waals surface area contributed by atoms with Gasteiger partial charge in [0.2, 0.25) is 11.8 Å². The lowest BCUT2D eigenvalue weighted by atomic mass is 10.2. The number of ether oxygens (including phenoxy) is 4. The SMILES string of the molecule is COC(=O)N1CCN(C(=O)c2nc(-c3ccc(OC(F)F)c(OCCCCC(=O)N4CCOCC4)c3)oc2[C@H](C)N)CC1. The number of benzene rings is 1. The lowest BCUT2D eigenvalue weighted by Crippen LogP contribution is -2.50. The molecule has 2 saturated heterocycles. The van der Waals surface area contributed by atoms with Gasteiger partial charge in [0.15, 0.2) is 23.0 Å². The summed E-state index contributed by atoms with van der Waals surface area (Å²) in [5.74, 6) is -0.306. The van der Waals surface area contributed by atoms with E-state index in [1.54, 1.807) is 16.7 Å². The minimum absolute atomic E-state index is 0.0248. The van der Waals surface area contributed by atoms with Crippen LogP contribution in [0, 0.1) is 0 Å². The van der Waals surface area contributed by atoms with Crippen molar-refractivity contribution in [2.24, 2.45) is 5.73 Å². The van der Waals surface area contributed by atoms with Gasteiger partial charge in [0.05, 0.1) is 33.0 Å². The summed E-state index contributed by atoms with van der Waals surface area (Å²) >= 11 is 0. The van der Waals surface area contributed by atoms with E-state index in [0.717, 1.165) is 0 Å². The van der Waals surface area contributed by atoms with Crippen LogP contribution in [0.2, 0.25) is 0 Å². The Balaban J connectivity index is 1.44. The monoisotopic (exact) mass is 609 g/mol. The molecule has 3 amide bonds. The van der Waals surface area contributed by atoms with Gasteiger partial charge in [-0.15, -0.1) is 0 Å². The number of nitrogens with two attached hydrogens (primary N) is 1. The third-order valence-electron chi connectivity index (χ3n) is 7.08. The molecule has 0 unspecified atom stereocenters. The van der Waals surface area contributed by atoms with E-state index in [1.807, 2.05) is 0 Å². The summed E-state index contributed by atoms with van der Waals surface area (Å²) in [6.07, 6.45) is 0.933. The first-order valence-corrected chi connectivity index (χ1v) is 14.1. The summed E-state index contributed by atoms with van der Waals surface area (Å²) in [5.41, 5.74) is 6.47. The summed E-state index contributed by atoms with van der Waals surface area (Å²) in [5, 5.41) is 0. The standard InChI is InChI=1S/C28H37F2N5O8/c1-18(31)24-23(26(37)34-8-10-35(11-9-34)28(38)39-2)32-25(43-24)19-6-7-20(42-27(29)30)21(17-19)41-14-4-3-5-22(36)33-12-15-40-16-13-33/h6-7,17-18,27H,3-5,8-16,31H2,1-2H3/t18-/m0/s1. The molecule has 2 fully saturated rings. The molecule has 1 aromatic heterocycles. The molecule has 3 heterocycles. The van der Waals surface area contributed by atoms with Gasteiger partial charge in [0, 0.05) is 51.3 Å². The number of methoxy groups -OCH3 is 1. The molecular weight excluding hydrogens is 572 g/mol. The van der Waals surface area contributed by atoms with Gasteiger partial charge in [-0.1, -0.05) is 0 Å². The molecule has 0 bridgehead atoms. The third kappa shape index (κ3) is 8.32. The average Bonchev–Trinajstić information content (AvgIpc) is 3.47. The Labute approximate surface area is 247 Å². The van der Waals surface area contributed by atoms with Gasteiger partial charge in [-0.3, -0.25) is 9.59 Å². The minimum Gasteiger partial charge on any atom is -0.490 e. The molecule has 13 nitrogen and oxygen atoms in total. The number of hydrogen-bond donors (Lipinski definition) is 1. The van der Waals surface area contributed by atoms with E-state index in [9.17, 15) is 23.2 Å². The minimum atomic E-state index is -3.07. The van der Waals surface area contributed by atoms with Crippen molar-refractivity contribution in [1.82, 2.24) is 19.7 Å². The quantitative estimate of drug-likeness (QED) is 0.377. The van der Waals surface area contributed by atoms with E-state index in [1.165, 1.54) is 30.2 Å². The number of amides is 3. The Bertz CT molecular complexity index is 1260. The zero-order chi connectivity index (χ0) is 30.9. The third-order valence-corrected chi connectivity index (χ3v) is 7.08. The highest BCUT2D eigenvalue weighted by Gasteiger charge is 2.31. The molecular formula is C28H37F2N5O8. The van der Waals surface area contributed by atoms with Crippen molar-refractivity contribution < 1.29 is 46.5 Å². The van der Waals surface area contributed by atoms with Crippen LogP contribution in [-0.4, -0.2) is 110 Å². The molecule has 0 spiro atoms. The van der Waals surface area contributed by atoms with Crippen LogP contribution in [0.4, 0.5) is 13.6 Å². The highest BCUT2D eigenvalue weighted by molar-refractivity contribution is 5.94. The zero-order valence-electron chi connectivity index (χ0n) is 24.3. The molecule has 236 valence electrons. The van der Waals surface area contributed by atoms with Gasteiger partial charge >= 0.3 is 12.7 Å². The molecule has 43 heavy (non-hydrogen) atoms. The van der Waals surface area contributed by atoms with Gasteiger partial charge < -0.3 is 43.8 Å². The number of oxazole rings is 1. The fourth-order valence-electron chi connectivity index (χ4n) is 4.77. The van der Waals surface area contributed by atoms with Crippen LogP contribution in [0.1, 0.15) is 48.5 Å². The number of rotatable bonds is 11. The van der Waals surface area contributed by atoms with Crippen LogP contribution in [-0.2, 0) is 14.3 Å². The Morgan fingerprint density at radius 1 is 1.00 bits per heavy atom. The lowest BCUT2D eigenvalue weighted by molar-refractivity contribution is -0.135. The molecule has 2 aromatic rings. The van der Waals surface area contributed by atoms with Crippen LogP contribution >= 0.6 is 0 Å². The number of alkyl halides is 2. The summed E-state index contributed by atoms with van der Waals surface area (Å²) in [6.45, 7) is 2.04. The second kappa shape index (κ2) is 15.0. The summed E-state index contributed by atoms with van der Waals surface area (Å²) in [6, 6.07) is 3.54. The molecule has 2 aliphatic heterocycles. The first-order valence-electron chi connectivity index (χ1n) is 14.1. The predicted molar refractivity (Wildman–Crippen MR) is 148 cm³/mol. The van der Waals surface area contributed by atoms with Crippen molar-refractivity contribution in [1.29, 1.82) is 0 Å². The number of morpholine rings is 1. The normalized spacial score (nSPS) is 16.3. The van der Waals surface area contributed by atoms with Crippen molar-refractivity contribution in [3.05, 3.63) is 29.7 Å². The van der Waals surface area contributed by atoms with Crippen molar-refractivity contribution >= 4 is 17.9 Å². The fraction of sp³-hybridized carbons (Fsp3) is 0.571. The van der Waals surface area contributed by atoms with Crippen LogP contribution in [0.25, 0.3) is 11.5 Å². The summed E-state index contributed by atoms with van der Waals surface area (Å²) in [4.78, 5) is 46.7. The second-order valence-electron chi connectivity index (χ2n) is 10.1. The summed E-state index contributed by atoms with van der Waals surface area (Å²) in [7, 11) is 1.30. The van der Waals surface area contributed by atoms with Crippen LogP contribution in [0.15, 0.2) is 22.6 Å². The highest BCUT2D eigenvalue weighted by Crippen LogP contribution is 2.35. The van der Waals surface area contributed by atoms with E-state index in [0.29, 0.717) is 64.2 Å². The molecule has 1 atom stereocenters. The van der Waals surface area contributed by atoms with Crippen molar-refractivity contribution in [3.8, 4) is 23.0 Å². The summed E-state index contributed by atoms with van der Waals surface area (Å²) < 4.78 is 52.5. The zero-order valence-corrected chi connectivity index (χ0v) is 24.3. The van der Waals surface area contributed by atoms with Gasteiger partial charge in [-0.2, -0.15) is 8.78 Å². The molecule has 0 aliphatic carbocycles. The second-order valence-corrected chi connectivity index (χ2v) is 10.1. The molecule has 1 aromatic carbocycles. The number of unbranched alkanes of at least 4 members (excludes halogenated alkanes) is 1. The Hall–Kier alpha value is -3.98. The van der Waals surface area contributed by atoms with Crippen molar-refractivity contribution in [3.63, 3.8) is 0 Å². The molecule has 2 N–H and O–H groups in total. The molecule has 0 saturated carbocycles. The van der Waals surface area contributed by atoms with Crippen LogP contribution < -0.4 is 15.2 Å². The molecule has 4 rings (SSSR count). The van der Waals surface area contributed by atoms with Gasteiger partial charge in [0.25, 0.3) is 5.91 Å². The van der Waals surface area contributed by atoms with E-state index in [4.69, 9.17) is 24.4 Å². The van der Waals surface area contributed by atoms with Crippen LogP contribution in [0.3, 0.4) is 0 Å².